The van der Waals surface area contributed by atoms with E-state index in [0.717, 1.165) is 53.2 Å². The number of pyridine rings is 2. The lowest BCUT2D eigenvalue weighted by atomic mass is 10.0. The molecule has 4 heterocycles. The molecule has 0 aliphatic carbocycles. The van der Waals surface area contributed by atoms with Gasteiger partial charge in [0.2, 0.25) is 0 Å². The highest BCUT2D eigenvalue weighted by atomic mass is 16.5. The molecule has 1 aliphatic rings. The van der Waals surface area contributed by atoms with Gasteiger partial charge in [-0.1, -0.05) is 23.4 Å². The number of piperazine rings is 1. The van der Waals surface area contributed by atoms with Crippen molar-refractivity contribution < 1.29 is 9.32 Å². The Morgan fingerprint density at radius 3 is 2.55 bits per heavy atom. The summed E-state index contributed by atoms with van der Waals surface area (Å²) in [6.07, 6.45) is 3.48. The van der Waals surface area contributed by atoms with Crippen LogP contribution in [-0.2, 0) is 6.54 Å². The normalized spacial score (nSPS) is 14.8. The van der Waals surface area contributed by atoms with Crippen LogP contribution in [0.3, 0.4) is 0 Å². The number of nitrogens with zero attached hydrogens (tertiary/aromatic N) is 5. The summed E-state index contributed by atoms with van der Waals surface area (Å²) in [7, 11) is 0. The fraction of sp³-hybridized carbons (Fsp3) is 0.250. The van der Waals surface area contributed by atoms with Gasteiger partial charge in [-0.05, 0) is 31.2 Å². The first-order valence-electron chi connectivity index (χ1n) is 10.4. The maximum atomic E-state index is 13.5. The average Bonchev–Trinajstić information content (AvgIpc) is 3.23. The van der Waals surface area contributed by atoms with E-state index in [1.807, 2.05) is 60.4 Å². The molecule has 0 atom stereocenters. The Hall–Kier alpha value is -3.58. The molecule has 0 unspecified atom stereocenters. The molecule has 1 saturated heterocycles. The second kappa shape index (κ2) is 8.28. The zero-order valence-corrected chi connectivity index (χ0v) is 17.4. The fourth-order valence-corrected chi connectivity index (χ4v) is 4.02. The molecule has 4 aromatic rings. The maximum Gasteiger partial charge on any atom is 0.254 e. The topological polar surface area (TPSA) is 75.4 Å². The van der Waals surface area contributed by atoms with Crippen LogP contribution in [-0.4, -0.2) is 57.0 Å². The smallest absolute Gasteiger partial charge is 0.254 e. The van der Waals surface area contributed by atoms with E-state index in [4.69, 9.17) is 9.51 Å². The summed E-state index contributed by atoms with van der Waals surface area (Å²) in [5, 5.41) is 4.96. The number of hydrogen-bond donors (Lipinski definition) is 0. The van der Waals surface area contributed by atoms with E-state index in [-0.39, 0.29) is 5.91 Å². The molecular formula is C24H23N5O2. The summed E-state index contributed by atoms with van der Waals surface area (Å²) in [6.45, 7) is 5.60. The number of amides is 1. The first kappa shape index (κ1) is 19.4. The van der Waals surface area contributed by atoms with E-state index >= 15 is 0 Å². The summed E-state index contributed by atoms with van der Waals surface area (Å²) >= 11 is 0. The lowest BCUT2D eigenvalue weighted by Gasteiger charge is -2.34. The lowest BCUT2D eigenvalue weighted by molar-refractivity contribution is 0.0627. The molecule has 0 N–H and O–H groups in total. The largest absolute Gasteiger partial charge is 0.361 e. The minimum atomic E-state index is 0.0471. The second-order valence-electron chi connectivity index (χ2n) is 7.81. The Labute approximate surface area is 180 Å². The molecule has 3 aromatic heterocycles. The highest BCUT2D eigenvalue weighted by Crippen LogP contribution is 2.26. The lowest BCUT2D eigenvalue weighted by Crippen LogP contribution is -2.48. The molecule has 156 valence electrons. The van der Waals surface area contributed by atoms with Gasteiger partial charge in [-0.15, -0.1) is 0 Å². The Kier molecular flexibility index (Phi) is 5.18. The van der Waals surface area contributed by atoms with Crippen molar-refractivity contribution in [3.63, 3.8) is 0 Å². The molecule has 1 aromatic carbocycles. The fourth-order valence-electron chi connectivity index (χ4n) is 4.02. The first-order chi connectivity index (χ1) is 15.2. The Morgan fingerprint density at radius 2 is 1.81 bits per heavy atom. The summed E-state index contributed by atoms with van der Waals surface area (Å²) in [5.74, 6) is 0.865. The van der Waals surface area contributed by atoms with Gasteiger partial charge in [0, 0.05) is 62.1 Å². The molecule has 1 fully saturated rings. The third-order valence-electron chi connectivity index (χ3n) is 5.64. The first-order valence-corrected chi connectivity index (χ1v) is 10.4. The van der Waals surface area contributed by atoms with Crippen molar-refractivity contribution in [1.82, 2.24) is 24.9 Å². The van der Waals surface area contributed by atoms with Crippen LogP contribution in [0.5, 0.6) is 0 Å². The van der Waals surface area contributed by atoms with Gasteiger partial charge >= 0.3 is 0 Å². The highest BCUT2D eigenvalue weighted by Gasteiger charge is 2.24. The molecule has 0 bridgehead atoms. The van der Waals surface area contributed by atoms with Gasteiger partial charge in [-0.2, -0.15) is 0 Å². The number of benzene rings is 1. The van der Waals surface area contributed by atoms with E-state index in [1.54, 1.807) is 12.4 Å². The number of aryl methyl sites for hydroxylation is 1. The summed E-state index contributed by atoms with van der Waals surface area (Å²) in [5.41, 5.74) is 4.17. The minimum absolute atomic E-state index is 0.0471. The molecule has 5 rings (SSSR count). The summed E-state index contributed by atoms with van der Waals surface area (Å²) in [4.78, 5) is 26.6. The number of hydrogen-bond acceptors (Lipinski definition) is 6. The van der Waals surface area contributed by atoms with Crippen molar-refractivity contribution >= 4 is 16.8 Å². The van der Waals surface area contributed by atoms with Crippen molar-refractivity contribution in [3.8, 4) is 11.3 Å². The van der Waals surface area contributed by atoms with Crippen LogP contribution < -0.4 is 0 Å². The Morgan fingerprint density at radius 1 is 1.03 bits per heavy atom. The van der Waals surface area contributed by atoms with Crippen LogP contribution in [0.2, 0.25) is 0 Å². The van der Waals surface area contributed by atoms with Gasteiger partial charge in [-0.3, -0.25) is 14.7 Å². The molecule has 1 amide bonds. The molecule has 31 heavy (non-hydrogen) atoms. The van der Waals surface area contributed by atoms with E-state index in [1.165, 1.54) is 0 Å². The van der Waals surface area contributed by atoms with E-state index in [2.05, 4.69) is 15.0 Å². The second-order valence-corrected chi connectivity index (χ2v) is 7.81. The van der Waals surface area contributed by atoms with Crippen LogP contribution in [0, 0.1) is 6.92 Å². The maximum absolute atomic E-state index is 13.5. The molecular weight excluding hydrogens is 390 g/mol. The molecule has 0 spiro atoms. The van der Waals surface area contributed by atoms with Crippen LogP contribution in [0.4, 0.5) is 0 Å². The van der Waals surface area contributed by atoms with Crippen LogP contribution in [0.25, 0.3) is 22.2 Å². The van der Waals surface area contributed by atoms with Gasteiger partial charge in [0.05, 0.1) is 22.5 Å². The predicted octanol–water partition coefficient (Wildman–Crippen LogP) is 3.55. The third-order valence-corrected chi connectivity index (χ3v) is 5.64. The van der Waals surface area contributed by atoms with Crippen molar-refractivity contribution in [2.75, 3.05) is 26.2 Å². The van der Waals surface area contributed by atoms with Crippen molar-refractivity contribution in [3.05, 3.63) is 77.9 Å². The minimum Gasteiger partial charge on any atom is -0.361 e. The quantitative estimate of drug-likeness (QED) is 0.509. The van der Waals surface area contributed by atoms with Gasteiger partial charge < -0.3 is 9.42 Å². The van der Waals surface area contributed by atoms with Crippen molar-refractivity contribution in [1.29, 1.82) is 0 Å². The number of carbonyl (C=O) groups excluding carboxylic acids is 1. The molecule has 7 heteroatoms. The standard InChI is InChI=1S/C24H23N5O2/c1-17-14-19(27-31-17)16-28-10-12-29(13-11-28)24(30)21-15-23(18-6-8-25-9-7-18)26-22-5-3-2-4-20(21)22/h2-9,14-15H,10-13,16H2,1H3. The van der Waals surface area contributed by atoms with Gasteiger partial charge in [0.15, 0.2) is 0 Å². The highest BCUT2D eigenvalue weighted by molar-refractivity contribution is 6.07. The zero-order valence-electron chi connectivity index (χ0n) is 17.4. The van der Waals surface area contributed by atoms with Gasteiger partial charge in [0.25, 0.3) is 5.91 Å². The number of aromatic nitrogens is 3. The average molecular weight is 413 g/mol. The monoisotopic (exact) mass is 413 g/mol. The third kappa shape index (κ3) is 4.04. The number of rotatable bonds is 4. The van der Waals surface area contributed by atoms with Crippen LogP contribution in [0.15, 0.2) is 65.4 Å². The number of fused-ring (bicyclic) bond motifs is 1. The predicted molar refractivity (Wildman–Crippen MR) is 117 cm³/mol. The summed E-state index contributed by atoms with van der Waals surface area (Å²) < 4.78 is 5.16. The number of carbonyl (C=O) groups is 1. The molecule has 7 nitrogen and oxygen atoms in total. The van der Waals surface area contributed by atoms with E-state index in [0.29, 0.717) is 18.7 Å². The molecule has 1 aliphatic heterocycles. The Balaban J connectivity index is 1.38. The van der Waals surface area contributed by atoms with E-state index in [9.17, 15) is 4.79 Å². The zero-order chi connectivity index (χ0) is 21.2. The van der Waals surface area contributed by atoms with Crippen LogP contribution in [0.1, 0.15) is 21.8 Å². The Bertz CT molecular complexity index is 1210. The van der Waals surface area contributed by atoms with Crippen molar-refractivity contribution in [2.24, 2.45) is 0 Å². The van der Waals surface area contributed by atoms with Gasteiger partial charge in [0.1, 0.15) is 5.76 Å². The SMILES string of the molecule is Cc1cc(CN2CCN(C(=O)c3cc(-c4ccncc4)nc4ccccc34)CC2)no1. The van der Waals surface area contributed by atoms with Crippen molar-refractivity contribution in [2.45, 2.75) is 13.5 Å². The molecule has 0 saturated carbocycles. The molecule has 0 radical (unpaired) electrons. The van der Waals surface area contributed by atoms with E-state index < -0.39 is 0 Å². The number of para-hydroxylation sites is 1. The van der Waals surface area contributed by atoms with Gasteiger partial charge in [-0.25, -0.2) is 4.98 Å². The summed E-state index contributed by atoms with van der Waals surface area (Å²) in [6, 6.07) is 15.5. The van der Waals surface area contributed by atoms with Crippen LogP contribution >= 0.6 is 0 Å².